The van der Waals surface area contributed by atoms with Gasteiger partial charge in [-0.15, -0.1) is 0 Å². The number of hydrogen-bond donors (Lipinski definition) is 3. The van der Waals surface area contributed by atoms with Crippen LogP contribution in [0.5, 0.6) is 0 Å². The van der Waals surface area contributed by atoms with Crippen LogP contribution in [0.25, 0.3) is 11.6 Å². The molecule has 3 heterocycles. The van der Waals surface area contributed by atoms with Crippen molar-refractivity contribution in [2.75, 3.05) is 31.5 Å². The first kappa shape index (κ1) is 19.5. The Morgan fingerprint density at radius 3 is 2.76 bits per heavy atom. The molecule has 1 fully saturated rings. The summed E-state index contributed by atoms with van der Waals surface area (Å²) in [5, 5.41) is 5.93. The Hall–Kier alpha value is -2.86. The van der Waals surface area contributed by atoms with Crippen molar-refractivity contribution in [3.8, 4) is 0 Å². The van der Waals surface area contributed by atoms with E-state index in [1.165, 1.54) is 25.9 Å². The third-order valence-electron chi connectivity index (χ3n) is 5.84. The number of hydrogen-bond acceptors (Lipinski definition) is 3. The Morgan fingerprint density at radius 1 is 1.21 bits per heavy atom. The number of para-hydroxylation sites is 1. The summed E-state index contributed by atoms with van der Waals surface area (Å²) in [7, 11) is 0. The Balaban J connectivity index is 1.46. The van der Waals surface area contributed by atoms with E-state index >= 15 is 0 Å². The molecule has 29 heavy (non-hydrogen) atoms. The van der Waals surface area contributed by atoms with Crippen molar-refractivity contribution >= 4 is 29.2 Å². The van der Waals surface area contributed by atoms with Gasteiger partial charge in [0, 0.05) is 29.2 Å². The maximum atomic E-state index is 12.8. The number of carbonyl (C=O) groups excluding carboxylic acids is 2. The van der Waals surface area contributed by atoms with Crippen molar-refractivity contribution in [2.45, 2.75) is 33.1 Å². The second-order valence-corrected chi connectivity index (χ2v) is 7.88. The van der Waals surface area contributed by atoms with Crippen molar-refractivity contribution in [2.24, 2.45) is 0 Å². The van der Waals surface area contributed by atoms with E-state index in [9.17, 15) is 9.59 Å². The highest BCUT2D eigenvalue weighted by atomic mass is 16.2. The molecular formula is C23H28N4O2. The lowest BCUT2D eigenvalue weighted by molar-refractivity contribution is -0.110. The first-order valence-corrected chi connectivity index (χ1v) is 10.4. The van der Waals surface area contributed by atoms with E-state index in [0.717, 1.165) is 41.2 Å². The van der Waals surface area contributed by atoms with Gasteiger partial charge < -0.3 is 20.5 Å². The van der Waals surface area contributed by atoms with Crippen LogP contribution in [0.4, 0.5) is 5.69 Å². The number of aryl methyl sites for hydroxylation is 1. The number of aromatic nitrogens is 1. The molecule has 0 aliphatic carbocycles. The van der Waals surface area contributed by atoms with E-state index < -0.39 is 0 Å². The van der Waals surface area contributed by atoms with Crippen LogP contribution >= 0.6 is 0 Å². The van der Waals surface area contributed by atoms with Gasteiger partial charge in [-0.25, -0.2) is 0 Å². The van der Waals surface area contributed by atoms with Crippen molar-refractivity contribution in [1.29, 1.82) is 0 Å². The SMILES string of the molecule is Cc1[nH]c(/C=C2\C(=O)Nc3ccccc32)c(C)c1C(=O)NCCCN1CCCC1. The number of rotatable bonds is 6. The Bertz CT molecular complexity index is 967. The molecule has 1 aromatic heterocycles. The number of likely N-dealkylation sites (tertiary alicyclic amines) is 1. The number of amides is 2. The molecule has 1 saturated heterocycles. The molecule has 0 atom stereocenters. The zero-order valence-electron chi connectivity index (χ0n) is 17.1. The van der Waals surface area contributed by atoms with Crippen LogP contribution in [-0.4, -0.2) is 47.9 Å². The van der Waals surface area contributed by atoms with Crippen molar-refractivity contribution in [1.82, 2.24) is 15.2 Å². The van der Waals surface area contributed by atoms with Crippen LogP contribution in [0.2, 0.25) is 0 Å². The largest absolute Gasteiger partial charge is 0.358 e. The fourth-order valence-electron chi connectivity index (χ4n) is 4.28. The van der Waals surface area contributed by atoms with E-state index in [-0.39, 0.29) is 11.8 Å². The minimum absolute atomic E-state index is 0.0569. The molecule has 6 heteroatoms. The standard InChI is InChI=1S/C23H28N4O2/c1-15-20(14-18-17-8-3-4-9-19(17)26-22(18)28)25-16(2)21(15)23(29)24-10-7-13-27-11-5-6-12-27/h3-4,8-9,14,25H,5-7,10-13H2,1-2H3,(H,24,29)(H,26,28)/b18-14-. The monoisotopic (exact) mass is 392 g/mol. The smallest absolute Gasteiger partial charge is 0.256 e. The lowest BCUT2D eigenvalue weighted by Gasteiger charge is -2.14. The molecule has 6 nitrogen and oxygen atoms in total. The van der Waals surface area contributed by atoms with E-state index in [2.05, 4.69) is 20.5 Å². The second-order valence-electron chi connectivity index (χ2n) is 7.88. The van der Waals surface area contributed by atoms with Crippen LogP contribution in [0.1, 0.15) is 52.1 Å². The van der Waals surface area contributed by atoms with Crippen LogP contribution in [0.15, 0.2) is 24.3 Å². The maximum Gasteiger partial charge on any atom is 0.256 e. The van der Waals surface area contributed by atoms with Gasteiger partial charge >= 0.3 is 0 Å². The first-order valence-electron chi connectivity index (χ1n) is 10.4. The second kappa shape index (κ2) is 8.25. The highest BCUT2D eigenvalue weighted by Gasteiger charge is 2.25. The average Bonchev–Trinajstić information content (AvgIpc) is 3.39. The number of fused-ring (bicyclic) bond motifs is 1. The van der Waals surface area contributed by atoms with Gasteiger partial charge in [0.05, 0.1) is 11.1 Å². The van der Waals surface area contributed by atoms with Crippen LogP contribution in [-0.2, 0) is 4.79 Å². The summed E-state index contributed by atoms with van der Waals surface area (Å²) in [5.74, 6) is -0.177. The maximum absolute atomic E-state index is 12.8. The summed E-state index contributed by atoms with van der Waals surface area (Å²) in [6.07, 6.45) is 5.37. The lowest BCUT2D eigenvalue weighted by atomic mass is 10.0. The van der Waals surface area contributed by atoms with E-state index in [0.29, 0.717) is 17.7 Å². The van der Waals surface area contributed by atoms with Crippen LogP contribution < -0.4 is 10.6 Å². The lowest BCUT2D eigenvalue weighted by Crippen LogP contribution is -2.29. The van der Waals surface area contributed by atoms with Gasteiger partial charge in [-0.3, -0.25) is 9.59 Å². The fourth-order valence-corrected chi connectivity index (χ4v) is 4.28. The molecule has 0 unspecified atom stereocenters. The normalized spacial score (nSPS) is 17.6. The third-order valence-corrected chi connectivity index (χ3v) is 5.84. The Morgan fingerprint density at radius 2 is 1.97 bits per heavy atom. The summed E-state index contributed by atoms with van der Waals surface area (Å²) in [6.45, 7) is 7.89. The highest BCUT2D eigenvalue weighted by Crippen LogP contribution is 2.33. The molecule has 2 aliphatic rings. The summed E-state index contributed by atoms with van der Waals surface area (Å²) >= 11 is 0. The van der Waals surface area contributed by atoms with E-state index in [4.69, 9.17) is 0 Å². The molecule has 0 spiro atoms. The van der Waals surface area contributed by atoms with E-state index in [1.807, 2.05) is 44.2 Å². The molecular weight excluding hydrogens is 364 g/mol. The first-order chi connectivity index (χ1) is 14.0. The van der Waals surface area contributed by atoms with Gasteiger partial charge in [0.1, 0.15) is 0 Å². The number of aromatic amines is 1. The number of nitrogens with one attached hydrogen (secondary N) is 3. The number of nitrogens with zero attached hydrogens (tertiary/aromatic N) is 1. The molecule has 2 aliphatic heterocycles. The van der Waals surface area contributed by atoms with Crippen molar-refractivity contribution in [3.63, 3.8) is 0 Å². The predicted molar refractivity (Wildman–Crippen MR) is 116 cm³/mol. The molecule has 0 radical (unpaired) electrons. The van der Waals surface area contributed by atoms with Crippen LogP contribution in [0, 0.1) is 13.8 Å². The molecule has 0 saturated carbocycles. The fraction of sp³-hybridized carbons (Fsp3) is 0.391. The van der Waals surface area contributed by atoms with Gasteiger partial charge in [-0.2, -0.15) is 0 Å². The topological polar surface area (TPSA) is 77.2 Å². The Labute approximate surface area is 171 Å². The van der Waals surface area contributed by atoms with Crippen LogP contribution in [0.3, 0.4) is 0 Å². The average molecular weight is 393 g/mol. The Kier molecular flexibility index (Phi) is 5.53. The summed E-state index contributed by atoms with van der Waals surface area (Å²) in [5.41, 5.74) is 5.47. The number of benzene rings is 1. The quantitative estimate of drug-likeness (QED) is 0.521. The molecule has 1 aromatic carbocycles. The summed E-state index contributed by atoms with van der Waals surface area (Å²) < 4.78 is 0. The predicted octanol–water partition coefficient (Wildman–Crippen LogP) is 3.34. The van der Waals surface area contributed by atoms with Crippen molar-refractivity contribution < 1.29 is 9.59 Å². The van der Waals surface area contributed by atoms with Gasteiger partial charge in [-0.1, -0.05) is 18.2 Å². The summed E-state index contributed by atoms with van der Waals surface area (Å²) in [6, 6.07) is 7.64. The van der Waals surface area contributed by atoms with Gasteiger partial charge in [-0.05, 0) is 70.5 Å². The molecule has 2 aromatic rings. The number of carbonyl (C=O) groups is 2. The highest BCUT2D eigenvalue weighted by molar-refractivity contribution is 6.34. The molecule has 0 bridgehead atoms. The molecule has 3 N–H and O–H groups in total. The zero-order chi connectivity index (χ0) is 20.4. The zero-order valence-corrected chi connectivity index (χ0v) is 17.1. The third kappa shape index (κ3) is 3.98. The number of anilines is 1. The molecule has 4 rings (SSSR count). The van der Waals surface area contributed by atoms with E-state index in [1.54, 1.807) is 0 Å². The molecule has 2 amide bonds. The summed E-state index contributed by atoms with van der Waals surface area (Å²) in [4.78, 5) is 30.9. The van der Waals surface area contributed by atoms with Gasteiger partial charge in [0.2, 0.25) is 0 Å². The minimum atomic E-state index is -0.120. The minimum Gasteiger partial charge on any atom is -0.358 e. The number of H-pyrrole nitrogens is 1. The molecule has 152 valence electrons. The van der Waals surface area contributed by atoms with Gasteiger partial charge in [0.25, 0.3) is 11.8 Å². The van der Waals surface area contributed by atoms with Crippen molar-refractivity contribution in [3.05, 3.63) is 52.3 Å². The van der Waals surface area contributed by atoms with Gasteiger partial charge in [0.15, 0.2) is 0 Å².